The number of aromatic amines is 1. The molecule has 1 atom stereocenters. The summed E-state index contributed by atoms with van der Waals surface area (Å²) in [5, 5.41) is 17.9. The van der Waals surface area contributed by atoms with E-state index in [1.165, 1.54) is 18.3 Å². The van der Waals surface area contributed by atoms with Crippen LogP contribution in [-0.4, -0.2) is 108 Å². The summed E-state index contributed by atoms with van der Waals surface area (Å²) in [6.07, 6.45) is 6.96. The summed E-state index contributed by atoms with van der Waals surface area (Å²) in [5.74, 6) is 0.299. The fourth-order valence-electron chi connectivity index (χ4n) is 4.10. The summed E-state index contributed by atoms with van der Waals surface area (Å²) in [6, 6.07) is 5.20. The van der Waals surface area contributed by atoms with Gasteiger partial charge in [-0.1, -0.05) is 5.92 Å². The van der Waals surface area contributed by atoms with Gasteiger partial charge in [0, 0.05) is 24.2 Å². The third-order valence-corrected chi connectivity index (χ3v) is 6.48. The molecule has 0 saturated carbocycles. The largest absolute Gasteiger partial charge is 0.480 e. The Morgan fingerprint density at radius 3 is 2.31 bits per heavy atom. The second kappa shape index (κ2) is 20.9. The Hall–Kier alpha value is -5.15. The highest BCUT2D eigenvalue weighted by Gasteiger charge is 2.21. The van der Waals surface area contributed by atoms with Gasteiger partial charge in [-0.05, 0) is 37.1 Å². The predicted octanol–water partition coefficient (Wildman–Crippen LogP) is 0.0765. The highest BCUT2D eigenvalue weighted by Crippen LogP contribution is 2.12. The van der Waals surface area contributed by atoms with E-state index in [1.54, 1.807) is 12.1 Å². The first-order valence-corrected chi connectivity index (χ1v) is 15.2. The maximum Gasteiger partial charge on any atom is 0.326 e. The number of amides is 2. The predicted molar refractivity (Wildman–Crippen MR) is 174 cm³/mol. The van der Waals surface area contributed by atoms with Crippen molar-refractivity contribution in [3.8, 4) is 12.3 Å². The van der Waals surface area contributed by atoms with E-state index in [1.807, 2.05) is 0 Å². The monoisotopic (exact) mass is 668 g/mol. The number of nitrogen functional groups attached to an aromatic ring is 1. The van der Waals surface area contributed by atoms with Gasteiger partial charge in [-0.2, -0.15) is 4.98 Å². The molecule has 0 radical (unpaired) electrons. The number of nitrogens with two attached hydrogens (primary N) is 1. The van der Waals surface area contributed by atoms with E-state index in [-0.39, 0.29) is 61.0 Å². The van der Waals surface area contributed by atoms with E-state index in [0.717, 1.165) is 0 Å². The minimum atomic E-state index is -1.20. The smallest absolute Gasteiger partial charge is 0.326 e. The molecule has 0 aliphatic heterocycles. The molecule has 0 aliphatic carbocycles. The summed E-state index contributed by atoms with van der Waals surface area (Å²) < 4.78 is 21.2. The number of terminal acetylenes is 1. The summed E-state index contributed by atoms with van der Waals surface area (Å²) >= 11 is 0. The number of hydrogen-bond donors (Lipinski definition) is 6. The lowest BCUT2D eigenvalue weighted by Gasteiger charge is -2.15. The van der Waals surface area contributed by atoms with E-state index >= 15 is 0 Å². The zero-order valence-electron chi connectivity index (χ0n) is 26.4. The third-order valence-electron chi connectivity index (χ3n) is 6.48. The Labute approximate surface area is 276 Å². The summed E-state index contributed by atoms with van der Waals surface area (Å²) in [4.78, 5) is 63.3. The fraction of sp³-hybridized carbons (Fsp3) is 0.452. The first kappa shape index (κ1) is 37.3. The van der Waals surface area contributed by atoms with E-state index in [2.05, 4.69) is 41.8 Å². The summed E-state index contributed by atoms with van der Waals surface area (Å²) in [6.45, 7) is 3.55. The minimum Gasteiger partial charge on any atom is -0.480 e. The molecular formula is C31H40N8O9. The molecule has 2 aromatic heterocycles. The van der Waals surface area contributed by atoms with Crippen LogP contribution in [0.3, 0.4) is 0 Å². The van der Waals surface area contributed by atoms with Gasteiger partial charge >= 0.3 is 5.97 Å². The van der Waals surface area contributed by atoms with Crippen molar-refractivity contribution < 1.29 is 38.4 Å². The zero-order chi connectivity index (χ0) is 34.6. The molecule has 258 valence electrons. The molecule has 1 aromatic carbocycles. The number of ether oxygens (including phenoxy) is 4. The van der Waals surface area contributed by atoms with Crippen LogP contribution in [0, 0.1) is 12.3 Å². The average Bonchev–Trinajstić information content (AvgIpc) is 3.07. The van der Waals surface area contributed by atoms with Crippen LogP contribution >= 0.6 is 0 Å². The lowest BCUT2D eigenvalue weighted by molar-refractivity contribution is -0.139. The number of anilines is 2. The van der Waals surface area contributed by atoms with E-state index in [9.17, 15) is 24.3 Å². The number of rotatable bonds is 23. The number of carboxylic acid groups (broad SMARTS) is 1. The van der Waals surface area contributed by atoms with Gasteiger partial charge in [-0.25, -0.2) is 14.8 Å². The van der Waals surface area contributed by atoms with Crippen LogP contribution in [0.1, 0.15) is 35.3 Å². The van der Waals surface area contributed by atoms with Gasteiger partial charge in [0.2, 0.25) is 11.9 Å². The van der Waals surface area contributed by atoms with Crippen molar-refractivity contribution in [2.75, 3.05) is 70.5 Å². The number of fused-ring (bicyclic) bond motifs is 1. The quantitative estimate of drug-likeness (QED) is 0.0579. The van der Waals surface area contributed by atoms with Gasteiger partial charge in [0.05, 0.1) is 64.7 Å². The van der Waals surface area contributed by atoms with E-state index in [4.69, 9.17) is 31.1 Å². The van der Waals surface area contributed by atoms with Crippen LogP contribution in [0.2, 0.25) is 0 Å². The number of benzene rings is 1. The van der Waals surface area contributed by atoms with Gasteiger partial charge in [0.25, 0.3) is 11.5 Å². The maximum atomic E-state index is 12.7. The van der Waals surface area contributed by atoms with Crippen LogP contribution in [0.25, 0.3) is 11.2 Å². The highest BCUT2D eigenvalue weighted by molar-refractivity contribution is 5.96. The third kappa shape index (κ3) is 13.7. The lowest BCUT2D eigenvalue weighted by Crippen LogP contribution is -2.41. The number of aromatic nitrogens is 4. The first-order valence-electron chi connectivity index (χ1n) is 15.2. The molecule has 0 bridgehead atoms. The highest BCUT2D eigenvalue weighted by atomic mass is 16.6. The second-order valence-electron chi connectivity index (χ2n) is 10.1. The number of carbonyl (C=O) groups excluding carboxylic acids is 2. The zero-order valence-corrected chi connectivity index (χ0v) is 26.4. The molecule has 0 spiro atoms. The second-order valence-corrected chi connectivity index (χ2v) is 10.1. The van der Waals surface area contributed by atoms with Gasteiger partial charge in [-0.3, -0.25) is 19.4 Å². The number of carbonyl (C=O) groups is 3. The van der Waals surface area contributed by atoms with Gasteiger partial charge < -0.3 is 45.7 Å². The number of hydrogen-bond acceptors (Lipinski definition) is 13. The lowest BCUT2D eigenvalue weighted by atomic mass is 10.1. The average molecular weight is 669 g/mol. The fourth-order valence-corrected chi connectivity index (χ4v) is 4.10. The molecule has 0 aliphatic rings. The van der Waals surface area contributed by atoms with Crippen molar-refractivity contribution in [2.45, 2.75) is 31.8 Å². The van der Waals surface area contributed by atoms with Crippen molar-refractivity contribution >= 4 is 40.6 Å². The molecule has 17 heteroatoms. The molecule has 2 amide bonds. The number of nitrogens with zero attached hydrogens (tertiary/aromatic N) is 3. The Balaban J connectivity index is 1.27. The first-order chi connectivity index (χ1) is 23.3. The van der Waals surface area contributed by atoms with Crippen LogP contribution < -0.4 is 27.2 Å². The van der Waals surface area contributed by atoms with Gasteiger partial charge in [0.1, 0.15) is 12.6 Å². The normalized spacial score (nSPS) is 11.5. The van der Waals surface area contributed by atoms with Crippen molar-refractivity contribution in [1.82, 2.24) is 30.6 Å². The minimum absolute atomic E-state index is 0.0511. The van der Waals surface area contributed by atoms with Crippen LogP contribution in [0.5, 0.6) is 0 Å². The van der Waals surface area contributed by atoms with Crippen molar-refractivity contribution in [1.29, 1.82) is 0 Å². The van der Waals surface area contributed by atoms with Crippen molar-refractivity contribution in [3.05, 3.63) is 52.1 Å². The van der Waals surface area contributed by atoms with E-state index in [0.29, 0.717) is 64.2 Å². The molecule has 3 aromatic rings. The molecule has 2 heterocycles. The Morgan fingerprint density at radius 1 is 0.979 bits per heavy atom. The molecule has 1 unspecified atom stereocenters. The Kier molecular flexibility index (Phi) is 16.2. The Bertz CT molecular complexity index is 1580. The maximum absolute atomic E-state index is 12.7. The molecule has 17 nitrogen and oxygen atoms in total. The van der Waals surface area contributed by atoms with Crippen molar-refractivity contribution in [2.24, 2.45) is 0 Å². The number of aliphatic carboxylic acids is 1. The molecule has 3 rings (SSSR count). The summed E-state index contributed by atoms with van der Waals surface area (Å²) in [5.41, 5.74) is 6.61. The number of nitrogens with one attached hydrogen (secondary N) is 4. The standard InChI is InChI=1S/C31H40N8O9/c1-2-11-45-13-15-47-17-18-48-16-14-46-12-10-33-25(40)5-3-4-24(30(43)44)37-28(41)21-6-8-22(9-7-21)34-19-23-20-35-27-26(36-23)29(42)39-31(32)38-27/h1,6-9,20,24,34H,3-5,10-19H2,(H,33,40)(H,37,41)(H,43,44)(H3,32,35,38,39,42). The Morgan fingerprint density at radius 2 is 1.65 bits per heavy atom. The summed E-state index contributed by atoms with van der Waals surface area (Å²) in [7, 11) is 0. The molecule has 0 saturated heterocycles. The number of H-pyrrole nitrogens is 1. The SMILES string of the molecule is C#CCOCCOCCOCCOCCNC(=O)CCCC(NC(=O)c1ccc(NCc2cnc3nc(N)[nH]c(=O)c3n2)cc1)C(=O)O. The van der Waals surface area contributed by atoms with Gasteiger partial charge in [0.15, 0.2) is 11.2 Å². The molecular weight excluding hydrogens is 628 g/mol. The van der Waals surface area contributed by atoms with E-state index < -0.39 is 23.5 Å². The molecule has 48 heavy (non-hydrogen) atoms. The van der Waals surface area contributed by atoms with Crippen molar-refractivity contribution in [3.63, 3.8) is 0 Å². The van der Waals surface area contributed by atoms with Gasteiger partial charge in [-0.15, -0.1) is 6.42 Å². The van der Waals surface area contributed by atoms with Crippen LogP contribution in [0.15, 0.2) is 35.3 Å². The topological polar surface area (TPSA) is 242 Å². The van der Waals surface area contributed by atoms with Crippen LogP contribution in [0.4, 0.5) is 11.6 Å². The number of carboxylic acids is 1. The molecule has 7 N–H and O–H groups in total. The van der Waals surface area contributed by atoms with Crippen LogP contribution in [-0.2, 0) is 35.1 Å². The molecule has 0 fully saturated rings.